The Morgan fingerprint density at radius 1 is 1.16 bits per heavy atom. The van der Waals surface area contributed by atoms with Crippen LogP contribution in [0.1, 0.15) is 31.4 Å². The van der Waals surface area contributed by atoms with Gasteiger partial charge in [0, 0.05) is 50.2 Å². The molecule has 0 aliphatic carbocycles. The van der Waals surface area contributed by atoms with Gasteiger partial charge in [-0.25, -0.2) is 4.79 Å². The number of imide groups is 2. The normalized spacial score (nSPS) is 18.6. The van der Waals surface area contributed by atoms with Crippen molar-refractivity contribution < 1.29 is 32.1 Å². The first kappa shape index (κ1) is 33.8. The molecule has 0 bridgehead atoms. The number of alkyl halides is 1. The average Bonchev–Trinajstić information content (AvgIpc) is 3.22. The highest BCUT2D eigenvalue weighted by atomic mass is 127. The van der Waals surface area contributed by atoms with Gasteiger partial charge in [0.05, 0.1) is 21.8 Å². The van der Waals surface area contributed by atoms with Gasteiger partial charge in [-0.15, -0.1) is 0 Å². The Labute approximate surface area is 275 Å². The lowest BCUT2D eigenvalue weighted by atomic mass is 9.82. The Kier molecular flexibility index (Phi) is 9.85. The van der Waals surface area contributed by atoms with E-state index in [-0.39, 0.29) is 35.4 Å². The van der Waals surface area contributed by atoms with E-state index in [1.165, 1.54) is 32.3 Å². The highest BCUT2D eigenvalue weighted by molar-refractivity contribution is 14.1. The van der Waals surface area contributed by atoms with Crippen molar-refractivity contribution in [3.63, 3.8) is 0 Å². The lowest BCUT2D eigenvalue weighted by Gasteiger charge is -2.28. The third kappa shape index (κ3) is 6.95. The molecule has 1 aromatic rings. The van der Waals surface area contributed by atoms with Crippen LogP contribution < -0.4 is 4.90 Å². The van der Waals surface area contributed by atoms with Crippen LogP contribution in [0.5, 0.6) is 0 Å². The topological polar surface area (TPSA) is 159 Å². The summed E-state index contributed by atoms with van der Waals surface area (Å²) in [5.41, 5.74) is 3.98. The lowest BCUT2D eigenvalue weighted by molar-refractivity contribution is -0.134. The molecular weight excluding hydrogens is 713 g/mol. The number of nitriles is 1. The minimum atomic E-state index is -4.12. The number of anilines is 1. The number of urea groups is 1. The second-order valence-corrected chi connectivity index (χ2v) is 13.5. The van der Waals surface area contributed by atoms with E-state index >= 15 is 0 Å². The Balaban J connectivity index is 1.60. The van der Waals surface area contributed by atoms with Crippen LogP contribution in [-0.4, -0.2) is 82.2 Å². The zero-order chi connectivity index (χ0) is 33.3. The smallest absolute Gasteiger partial charge is 0.333 e. The zero-order valence-electron chi connectivity index (χ0n) is 25.2. The second kappa shape index (κ2) is 13.1. The van der Waals surface area contributed by atoms with Crippen LogP contribution in [0.3, 0.4) is 0 Å². The Hall–Kier alpha value is -4.07. The fourth-order valence-corrected chi connectivity index (χ4v) is 6.33. The monoisotopic (exact) mass is 745 g/mol. The van der Waals surface area contributed by atoms with E-state index in [0.717, 1.165) is 32.3 Å². The molecule has 1 fully saturated rings. The molecule has 45 heavy (non-hydrogen) atoms. The van der Waals surface area contributed by atoms with Gasteiger partial charge in [0.2, 0.25) is 5.91 Å². The van der Waals surface area contributed by atoms with E-state index in [9.17, 15) is 32.9 Å². The first-order valence-corrected chi connectivity index (χ1v) is 17.0. The summed E-state index contributed by atoms with van der Waals surface area (Å²) in [6.07, 6.45) is 9.92. The summed E-state index contributed by atoms with van der Waals surface area (Å²) in [7, 11) is -1.55. The van der Waals surface area contributed by atoms with Gasteiger partial charge in [0.15, 0.2) is 0 Å². The SMILES string of the molecule is CN1C(=O)C(=C/C=C/C(C#N)=C2/C=CN3C(=C2)C(C)(C)c2cc(CN(CCCS(=O)(=O)O)C(=O)CI)ccc23)C(=O)N(C)C1=O. The molecule has 0 saturated carbocycles. The van der Waals surface area contributed by atoms with Crippen molar-refractivity contribution in [3.8, 4) is 6.07 Å². The van der Waals surface area contributed by atoms with Crippen LogP contribution in [0.2, 0.25) is 0 Å². The van der Waals surface area contributed by atoms with Crippen molar-refractivity contribution in [3.05, 3.63) is 88.3 Å². The first-order chi connectivity index (χ1) is 21.1. The van der Waals surface area contributed by atoms with Gasteiger partial charge in [-0.3, -0.25) is 28.7 Å². The number of fused-ring (bicyclic) bond motifs is 3. The minimum Gasteiger partial charge on any atom is -0.338 e. The Morgan fingerprint density at radius 3 is 2.42 bits per heavy atom. The van der Waals surface area contributed by atoms with Crippen molar-refractivity contribution in [2.24, 2.45) is 0 Å². The fourth-order valence-electron chi connectivity index (χ4n) is 5.36. The van der Waals surface area contributed by atoms with Crippen molar-refractivity contribution in [1.82, 2.24) is 14.7 Å². The van der Waals surface area contributed by atoms with E-state index in [1.807, 2.05) is 58.0 Å². The van der Waals surface area contributed by atoms with E-state index in [0.29, 0.717) is 11.1 Å². The van der Waals surface area contributed by atoms with Crippen molar-refractivity contribution >= 4 is 62.1 Å². The molecule has 3 aliphatic rings. The molecule has 0 spiro atoms. The Morgan fingerprint density at radius 2 is 1.82 bits per heavy atom. The quantitative estimate of drug-likeness (QED) is 0.0996. The maximum absolute atomic E-state index is 12.6. The number of halogens is 1. The number of likely N-dealkylation sites (N-methyl/N-ethyl adjacent to an activating group) is 2. The maximum Gasteiger partial charge on any atom is 0.333 e. The summed E-state index contributed by atoms with van der Waals surface area (Å²) in [6, 6.07) is 7.36. The number of hydrogen-bond acceptors (Lipinski definition) is 8. The van der Waals surface area contributed by atoms with Gasteiger partial charge in [0.25, 0.3) is 21.9 Å². The molecule has 0 unspecified atom stereocenters. The molecule has 1 aromatic carbocycles. The highest BCUT2D eigenvalue weighted by Crippen LogP contribution is 2.50. The van der Waals surface area contributed by atoms with Crippen LogP contribution in [-0.2, 0) is 36.5 Å². The van der Waals surface area contributed by atoms with Crippen LogP contribution in [0, 0.1) is 11.3 Å². The summed E-state index contributed by atoms with van der Waals surface area (Å²) in [5.74, 6) is -2.01. The Bertz CT molecular complexity index is 1760. The minimum absolute atomic E-state index is 0.116. The fraction of sp³-hybridized carbons (Fsp3) is 0.323. The number of rotatable bonds is 9. The summed E-state index contributed by atoms with van der Waals surface area (Å²) in [6.45, 7) is 4.57. The van der Waals surface area contributed by atoms with Gasteiger partial charge in [-0.2, -0.15) is 13.7 Å². The number of carbonyl (C=O) groups is 4. The molecule has 4 rings (SSSR count). The largest absolute Gasteiger partial charge is 0.338 e. The first-order valence-electron chi connectivity index (χ1n) is 13.9. The third-order valence-corrected chi connectivity index (χ3v) is 9.32. The van der Waals surface area contributed by atoms with Crippen LogP contribution in [0.4, 0.5) is 10.5 Å². The predicted molar refractivity (Wildman–Crippen MR) is 175 cm³/mol. The van der Waals surface area contributed by atoms with Crippen LogP contribution in [0.25, 0.3) is 0 Å². The average molecular weight is 746 g/mol. The molecule has 3 heterocycles. The summed E-state index contributed by atoms with van der Waals surface area (Å²) in [4.78, 5) is 54.8. The summed E-state index contributed by atoms with van der Waals surface area (Å²) >= 11 is 1.97. The van der Waals surface area contributed by atoms with Crippen molar-refractivity contribution in [1.29, 1.82) is 5.26 Å². The number of benzene rings is 1. The molecule has 5 amide bonds. The lowest BCUT2D eigenvalue weighted by Crippen LogP contribution is -2.52. The van der Waals surface area contributed by atoms with Gasteiger partial charge in [0.1, 0.15) is 5.57 Å². The number of barbiturate groups is 1. The zero-order valence-corrected chi connectivity index (χ0v) is 28.1. The summed E-state index contributed by atoms with van der Waals surface area (Å²) in [5, 5.41) is 9.94. The number of allylic oxidation sites excluding steroid dienone is 8. The van der Waals surface area contributed by atoms with E-state index in [2.05, 4.69) is 19.9 Å². The van der Waals surface area contributed by atoms with Gasteiger partial charge in [-0.1, -0.05) is 54.6 Å². The molecule has 12 nitrogen and oxygen atoms in total. The second-order valence-electron chi connectivity index (χ2n) is 11.2. The maximum atomic E-state index is 12.6. The van der Waals surface area contributed by atoms with E-state index in [4.69, 9.17) is 4.55 Å². The van der Waals surface area contributed by atoms with Crippen LogP contribution >= 0.6 is 22.6 Å². The molecular formula is C31H32IN5O7S. The third-order valence-electron chi connectivity index (χ3n) is 7.86. The van der Waals surface area contributed by atoms with E-state index < -0.39 is 39.1 Å². The molecule has 14 heteroatoms. The number of hydrogen-bond donors (Lipinski definition) is 1. The molecule has 0 radical (unpaired) electrons. The van der Waals surface area contributed by atoms with Crippen molar-refractivity contribution in [2.45, 2.75) is 32.2 Å². The number of carbonyl (C=O) groups excluding carboxylic acids is 4. The van der Waals surface area contributed by atoms with E-state index in [1.54, 1.807) is 11.0 Å². The number of nitrogens with zero attached hydrogens (tertiary/aromatic N) is 5. The molecule has 236 valence electrons. The molecule has 1 N–H and O–H groups in total. The molecule has 0 aromatic heterocycles. The summed E-state index contributed by atoms with van der Waals surface area (Å²) < 4.78 is 31.6. The predicted octanol–water partition coefficient (Wildman–Crippen LogP) is 3.59. The van der Waals surface area contributed by atoms with Gasteiger partial charge >= 0.3 is 6.03 Å². The highest BCUT2D eigenvalue weighted by Gasteiger charge is 2.41. The standard InChI is InChI=1S/C31H32IN5O7S/c1-31(2)24-15-20(19-36(27(38)17-32)12-6-14-45(42,43)44)9-10-25(24)37-13-11-21(16-26(31)37)22(18-33)7-5-8-23-28(39)34(3)30(41)35(4)29(23)40/h5,7-11,13,15-16H,6,12,14,17,19H2,1-4H3,(H,42,43,44)/b7-5+,22-21+. The molecule has 0 atom stereocenters. The number of amides is 5. The molecule has 1 saturated heterocycles. The van der Waals surface area contributed by atoms with Crippen molar-refractivity contribution in [2.75, 3.05) is 35.7 Å². The molecule has 3 aliphatic heterocycles. The van der Waals surface area contributed by atoms with Gasteiger partial charge < -0.3 is 9.80 Å². The van der Waals surface area contributed by atoms with Crippen LogP contribution in [0.15, 0.2) is 77.2 Å². The van der Waals surface area contributed by atoms with Gasteiger partial charge in [-0.05, 0) is 53.5 Å².